The zero-order valence-electron chi connectivity index (χ0n) is 11.4. The Kier molecular flexibility index (Phi) is 5.52. The summed E-state index contributed by atoms with van der Waals surface area (Å²) in [6, 6.07) is 9.30. The van der Waals surface area contributed by atoms with E-state index >= 15 is 0 Å². The molecule has 0 atom stereocenters. The van der Waals surface area contributed by atoms with Crippen LogP contribution in [0.4, 0.5) is 15.8 Å². The van der Waals surface area contributed by atoms with E-state index in [1.165, 1.54) is 25.1 Å². The lowest BCUT2D eigenvalue weighted by atomic mass is 10.2. The first-order valence-corrected chi connectivity index (χ1v) is 8.07. The first-order valence-electron chi connectivity index (χ1n) is 6.20. The van der Waals surface area contributed by atoms with E-state index in [1.54, 1.807) is 18.2 Å². The molecule has 0 fully saturated rings. The third kappa shape index (κ3) is 4.26. The van der Waals surface area contributed by atoms with Crippen LogP contribution in [0.25, 0.3) is 0 Å². The predicted molar refractivity (Wildman–Crippen MR) is 95.5 cm³/mol. The second-order valence-corrected chi connectivity index (χ2v) is 6.53. The quantitative estimate of drug-likeness (QED) is 0.645. The fourth-order valence-corrected chi connectivity index (χ4v) is 2.45. The summed E-state index contributed by atoms with van der Waals surface area (Å²) >= 11 is 5.16. The number of halogens is 3. The molecule has 0 aliphatic rings. The van der Waals surface area contributed by atoms with Gasteiger partial charge in [0.05, 0.1) is 11.4 Å². The van der Waals surface area contributed by atoms with Gasteiger partial charge in [0.2, 0.25) is 5.91 Å². The summed E-state index contributed by atoms with van der Waals surface area (Å²) < 4.78 is 14.7. The molecule has 0 spiro atoms. The minimum absolute atomic E-state index is 0.201. The second kappa shape index (κ2) is 7.19. The molecule has 114 valence electrons. The van der Waals surface area contributed by atoms with E-state index in [0.29, 0.717) is 14.9 Å². The van der Waals surface area contributed by atoms with Crippen molar-refractivity contribution in [3.05, 3.63) is 55.8 Å². The second-order valence-electron chi connectivity index (χ2n) is 4.45. The van der Waals surface area contributed by atoms with Gasteiger partial charge in [0.15, 0.2) is 0 Å². The average molecular weight is 477 g/mol. The standard InChI is InChI=1S/C15H11BrFIN2O2/c1-8(21)19-13-5-3-10(16)7-14(13)20-15(22)9-2-4-12(18)11(17)6-9/h2-7H,1H3,(H,19,21)(H,20,22). The molecule has 2 rings (SSSR count). The number of amides is 2. The molecule has 2 aromatic carbocycles. The van der Waals surface area contributed by atoms with Crippen LogP contribution >= 0.6 is 38.5 Å². The lowest BCUT2D eigenvalue weighted by Crippen LogP contribution is -2.15. The van der Waals surface area contributed by atoms with Crippen molar-refractivity contribution < 1.29 is 14.0 Å². The normalized spacial score (nSPS) is 10.2. The van der Waals surface area contributed by atoms with Crippen molar-refractivity contribution in [3.63, 3.8) is 0 Å². The molecule has 0 heterocycles. The smallest absolute Gasteiger partial charge is 0.255 e. The highest BCUT2D eigenvalue weighted by Crippen LogP contribution is 2.27. The lowest BCUT2D eigenvalue weighted by Gasteiger charge is -2.12. The van der Waals surface area contributed by atoms with Gasteiger partial charge in [0.1, 0.15) is 5.82 Å². The molecule has 0 radical (unpaired) electrons. The largest absolute Gasteiger partial charge is 0.325 e. The first-order chi connectivity index (χ1) is 10.4. The van der Waals surface area contributed by atoms with Gasteiger partial charge in [-0.1, -0.05) is 15.9 Å². The van der Waals surface area contributed by atoms with Gasteiger partial charge in [-0.15, -0.1) is 0 Å². The van der Waals surface area contributed by atoms with Crippen LogP contribution in [0, 0.1) is 9.39 Å². The zero-order valence-corrected chi connectivity index (χ0v) is 15.2. The summed E-state index contributed by atoms with van der Waals surface area (Å²) in [6.07, 6.45) is 0. The van der Waals surface area contributed by atoms with Crippen LogP contribution in [0.15, 0.2) is 40.9 Å². The molecular formula is C15H11BrFIN2O2. The van der Waals surface area contributed by atoms with Crippen molar-refractivity contribution in [1.29, 1.82) is 0 Å². The van der Waals surface area contributed by atoms with Crippen molar-refractivity contribution in [3.8, 4) is 0 Å². The Morgan fingerprint density at radius 3 is 2.45 bits per heavy atom. The maximum absolute atomic E-state index is 13.5. The van der Waals surface area contributed by atoms with Crippen LogP contribution in [-0.4, -0.2) is 11.8 Å². The van der Waals surface area contributed by atoms with E-state index < -0.39 is 11.7 Å². The first kappa shape index (κ1) is 16.9. The van der Waals surface area contributed by atoms with E-state index in [1.807, 2.05) is 22.6 Å². The van der Waals surface area contributed by atoms with Crippen molar-refractivity contribution >= 4 is 61.7 Å². The average Bonchev–Trinajstić information content (AvgIpc) is 2.44. The molecule has 0 aliphatic carbocycles. The van der Waals surface area contributed by atoms with E-state index in [9.17, 15) is 14.0 Å². The molecule has 4 nitrogen and oxygen atoms in total. The number of carbonyl (C=O) groups excluding carboxylic acids is 2. The molecule has 0 aromatic heterocycles. The number of rotatable bonds is 3. The van der Waals surface area contributed by atoms with Gasteiger partial charge in [0.25, 0.3) is 5.91 Å². The van der Waals surface area contributed by atoms with Gasteiger partial charge in [-0.25, -0.2) is 4.39 Å². The van der Waals surface area contributed by atoms with Crippen LogP contribution in [0.3, 0.4) is 0 Å². The van der Waals surface area contributed by atoms with E-state index in [-0.39, 0.29) is 11.5 Å². The fraction of sp³-hybridized carbons (Fsp3) is 0.0667. The van der Waals surface area contributed by atoms with Crippen LogP contribution in [-0.2, 0) is 4.79 Å². The zero-order chi connectivity index (χ0) is 16.3. The Morgan fingerprint density at radius 1 is 1.09 bits per heavy atom. The summed E-state index contributed by atoms with van der Waals surface area (Å²) in [4.78, 5) is 23.4. The molecule has 22 heavy (non-hydrogen) atoms. The van der Waals surface area contributed by atoms with Gasteiger partial charge >= 0.3 is 0 Å². The van der Waals surface area contributed by atoms with Crippen LogP contribution in [0.5, 0.6) is 0 Å². The number of anilines is 2. The van der Waals surface area contributed by atoms with Gasteiger partial charge < -0.3 is 10.6 Å². The Morgan fingerprint density at radius 2 is 1.82 bits per heavy atom. The lowest BCUT2D eigenvalue weighted by molar-refractivity contribution is -0.114. The van der Waals surface area contributed by atoms with E-state index in [0.717, 1.165) is 4.47 Å². The third-order valence-electron chi connectivity index (χ3n) is 2.72. The molecule has 0 saturated carbocycles. The maximum Gasteiger partial charge on any atom is 0.255 e. The summed E-state index contributed by atoms with van der Waals surface area (Å²) in [5, 5.41) is 5.30. The molecule has 2 amide bonds. The summed E-state index contributed by atoms with van der Waals surface area (Å²) in [7, 11) is 0. The Bertz CT molecular complexity index is 752. The summed E-state index contributed by atoms with van der Waals surface area (Å²) in [5.74, 6) is -1.16. The number of hydrogen-bond acceptors (Lipinski definition) is 2. The molecule has 2 aromatic rings. The SMILES string of the molecule is CC(=O)Nc1ccc(Br)cc1NC(=O)c1ccc(I)c(F)c1. The van der Waals surface area contributed by atoms with Gasteiger partial charge in [0, 0.05) is 20.5 Å². The minimum Gasteiger partial charge on any atom is -0.325 e. The van der Waals surface area contributed by atoms with Crippen molar-refractivity contribution in [2.45, 2.75) is 6.92 Å². The highest BCUT2D eigenvalue weighted by Gasteiger charge is 2.12. The van der Waals surface area contributed by atoms with E-state index in [4.69, 9.17) is 0 Å². The molecule has 0 unspecified atom stereocenters. The maximum atomic E-state index is 13.5. The Hall–Kier alpha value is -1.48. The number of carbonyl (C=O) groups is 2. The molecule has 0 aliphatic heterocycles. The molecule has 7 heteroatoms. The fourth-order valence-electron chi connectivity index (χ4n) is 1.75. The highest BCUT2D eigenvalue weighted by molar-refractivity contribution is 14.1. The van der Waals surface area contributed by atoms with Crippen LogP contribution in [0.2, 0.25) is 0 Å². The van der Waals surface area contributed by atoms with Gasteiger partial charge in [-0.2, -0.15) is 0 Å². The monoisotopic (exact) mass is 476 g/mol. The Balaban J connectivity index is 2.29. The Labute approximate surface area is 148 Å². The summed E-state index contributed by atoms with van der Waals surface area (Å²) in [5.41, 5.74) is 1.09. The molecular weight excluding hydrogens is 466 g/mol. The minimum atomic E-state index is -0.458. The number of hydrogen-bond donors (Lipinski definition) is 2. The third-order valence-corrected chi connectivity index (χ3v) is 4.09. The van der Waals surface area contributed by atoms with Gasteiger partial charge in [-0.05, 0) is 59.0 Å². The number of benzene rings is 2. The van der Waals surface area contributed by atoms with Crippen molar-refractivity contribution in [2.75, 3.05) is 10.6 Å². The van der Waals surface area contributed by atoms with Crippen molar-refractivity contribution in [1.82, 2.24) is 0 Å². The van der Waals surface area contributed by atoms with Crippen LogP contribution < -0.4 is 10.6 Å². The van der Waals surface area contributed by atoms with E-state index in [2.05, 4.69) is 26.6 Å². The molecule has 2 N–H and O–H groups in total. The van der Waals surface area contributed by atoms with Crippen molar-refractivity contribution in [2.24, 2.45) is 0 Å². The number of nitrogens with one attached hydrogen (secondary N) is 2. The topological polar surface area (TPSA) is 58.2 Å². The van der Waals surface area contributed by atoms with Crippen LogP contribution in [0.1, 0.15) is 17.3 Å². The highest BCUT2D eigenvalue weighted by atomic mass is 127. The van der Waals surface area contributed by atoms with Gasteiger partial charge in [-0.3, -0.25) is 9.59 Å². The predicted octanol–water partition coefficient (Wildman–Crippen LogP) is 4.40. The molecule has 0 bridgehead atoms. The molecule has 0 saturated heterocycles. The summed E-state index contributed by atoms with van der Waals surface area (Å²) in [6.45, 7) is 1.38.